The summed E-state index contributed by atoms with van der Waals surface area (Å²) in [6.07, 6.45) is 5.87. The number of unbranched alkanes of at least 4 members (excludes halogenated alkanes) is 1. The monoisotopic (exact) mass is 532 g/mol. The maximum atomic E-state index is 15.1. The first kappa shape index (κ1) is 28.9. The van der Waals surface area contributed by atoms with Gasteiger partial charge in [0.2, 0.25) is 0 Å². The highest BCUT2D eigenvalue weighted by molar-refractivity contribution is 5.94. The molecule has 3 N–H and O–H groups in total. The Balaban J connectivity index is 1.33. The Morgan fingerprint density at radius 2 is 1.77 bits per heavy atom. The van der Waals surface area contributed by atoms with E-state index in [1.54, 1.807) is 12.1 Å². The van der Waals surface area contributed by atoms with Crippen LogP contribution in [0.5, 0.6) is 0 Å². The summed E-state index contributed by atoms with van der Waals surface area (Å²) in [6.45, 7) is 3.99. The van der Waals surface area contributed by atoms with E-state index in [2.05, 4.69) is 6.92 Å². The fourth-order valence-electron chi connectivity index (χ4n) is 5.67. The van der Waals surface area contributed by atoms with E-state index in [0.29, 0.717) is 35.6 Å². The number of ether oxygens (including phenoxy) is 1. The van der Waals surface area contributed by atoms with E-state index in [-0.39, 0.29) is 11.7 Å². The van der Waals surface area contributed by atoms with Gasteiger partial charge in [-0.25, -0.2) is 4.39 Å². The summed E-state index contributed by atoms with van der Waals surface area (Å²) in [6, 6.07) is 20.2. The van der Waals surface area contributed by atoms with Crippen molar-refractivity contribution in [3.05, 3.63) is 94.8 Å². The van der Waals surface area contributed by atoms with Gasteiger partial charge in [-0.2, -0.15) is 0 Å². The summed E-state index contributed by atoms with van der Waals surface area (Å²) < 4.78 is 20.7. The Labute approximate surface area is 231 Å². The SMILES string of the molecule is CCc1cccc(-c2c(F)cccc2C(O)(CCCCC2CCN(C(=O)c3cccc(CN)c3)CC2)OC)c1. The van der Waals surface area contributed by atoms with Crippen molar-refractivity contribution in [3.8, 4) is 11.1 Å². The summed E-state index contributed by atoms with van der Waals surface area (Å²) in [5, 5.41) is 11.5. The number of nitrogens with two attached hydrogens (primary N) is 1. The van der Waals surface area contributed by atoms with Crippen LogP contribution in [0, 0.1) is 11.7 Å². The molecule has 6 heteroatoms. The van der Waals surface area contributed by atoms with E-state index < -0.39 is 5.79 Å². The molecule has 0 saturated carbocycles. The normalized spacial score (nSPS) is 15.8. The minimum Gasteiger partial charge on any atom is -0.362 e. The number of benzene rings is 3. The molecule has 1 aliphatic rings. The Hall–Kier alpha value is -3.06. The highest BCUT2D eigenvalue weighted by Gasteiger charge is 2.33. The number of nitrogens with zero attached hydrogens (tertiary/aromatic N) is 1. The van der Waals surface area contributed by atoms with Crippen LogP contribution in [-0.4, -0.2) is 36.1 Å². The first-order chi connectivity index (χ1) is 18.9. The van der Waals surface area contributed by atoms with Gasteiger partial charge in [-0.1, -0.05) is 68.3 Å². The maximum Gasteiger partial charge on any atom is 0.253 e. The molecule has 3 aromatic carbocycles. The number of halogens is 1. The average Bonchev–Trinajstić information content (AvgIpc) is 2.99. The van der Waals surface area contributed by atoms with Gasteiger partial charge in [0.15, 0.2) is 5.79 Å². The lowest BCUT2D eigenvalue weighted by Crippen LogP contribution is -2.38. The molecule has 0 radical (unpaired) electrons. The van der Waals surface area contributed by atoms with Gasteiger partial charge in [0.25, 0.3) is 5.91 Å². The predicted molar refractivity (Wildman–Crippen MR) is 154 cm³/mol. The molecule has 1 unspecified atom stereocenters. The van der Waals surface area contributed by atoms with Gasteiger partial charge in [-0.05, 0) is 66.5 Å². The summed E-state index contributed by atoms with van der Waals surface area (Å²) in [7, 11) is 1.48. The van der Waals surface area contributed by atoms with Gasteiger partial charge in [-0.3, -0.25) is 4.79 Å². The second kappa shape index (κ2) is 13.3. The molecule has 5 nitrogen and oxygen atoms in total. The molecule has 3 aromatic rings. The van der Waals surface area contributed by atoms with Crippen molar-refractivity contribution in [1.82, 2.24) is 4.90 Å². The van der Waals surface area contributed by atoms with E-state index in [1.165, 1.54) is 13.2 Å². The first-order valence-electron chi connectivity index (χ1n) is 14.1. The third-order valence-corrected chi connectivity index (χ3v) is 8.09. The van der Waals surface area contributed by atoms with E-state index >= 15 is 4.39 Å². The fourth-order valence-corrected chi connectivity index (χ4v) is 5.67. The molecule has 1 fully saturated rings. The number of aliphatic hydroxyl groups is 1. The van der Waals surface area contributed by atoms with Gasteiger partial charge in [0.1, 0.15) is 5.82 Å². The lowest BCUT2D eigenvalue weighted by molar-refractivity contribution is -0.199. The maximum absolute atomic E-state index is 15.1. The summed E-state index contributed by atoms with van der Waals surface area (Å²) in [5.41, 5.74) is 10.1. The van der Waals surface area contributed by atoms with Crippen LogP contribution in [0.2, 0.25) is 0 Å². The third kappa shape index (κ3) is 6.93. The minimum atomic E-state index is -1.58. The quantitative estimate of drug-likeness (QED) is 0.221. The lowest BCUT2D eigenvalue weighted by Gasteiger charge is -2.33. The zero-order chi connectivity index (χ0) is 27.8. The molecule has 0 aliphatic carbocycles. The molecule has 0 aromatic heterocycles. The van der Waals surface area contributed by atoms with Crippen molar-refractivity contribution in [2.24, 2.45) is 11.7 Å². The molecule has 1 heterocycles. The number of rotatable bonds is 11. The predicted octanol–water partition coefficient (Wildman–Crippen LogP) is 6.42. The lowest BCUT2D eigenvalue weighted by atomic mass is 9.88. The molecular weight excluding hydrogens is 491 g/mol. The van der Waals surface area contributed by atoms with Crippen molar-refractivity contribution >= 4 is 5.91 Å². The molecule has 0 bridgehead atoms. The summed E-state index contributed by atoms with van der Waals surface area (Å²) in [4.78, 5) is 14.9. The van der Waals surface area contributed by atoms with Crippen LogP contribution < -0.4 is 5.73 Å². The van der Waals surface area contributed by atoms with Crippen molar-refractivity contribution in [2.75, 3.05) is 20.2 Å². The molecule has 1 saturated heterocycles. The molecular formula is C33H41FN2O3. The van der Waals surface area contributed by atoms with Crippen molar-refractivity contribution in [2.45, 2.75) is 64.2 Å². The van der Waals surface area contributed by atoms with Crippen molar-refractivity contribution in [1.29, 1.82) is 0 Å². The van der Waals surface area contributed by atoms with E-state index in [4.69, 9.17) is 10.5 Å². The Morgan fingerprint density at radius 3 is 2.49 bits per heavy atom. The average molecular weight is 533 g/mol. The number of carbonyl (C=O) groups excluding carboxylic acids is 1. The second-order valence-electron chi connectivity index (χ2n) is 10.6. The smallest absolute Gasteiger partial charge is 0.253 e. The number of hydrogen-bond donors (Lipinski definition) is 2. The first-order valence-corrected chi connectivity index (χ1v) is 14.1. The van der Waals surface area contributed by atoms with Gasteiger partial charge in [-0.15, -0.1) is 0 Å². The van der Waals surface area contributed by atoms with Gasteiger partial charge in [0, 0.05) is 49.9 Å². The Kier molecular flexibility index (Phi) is 9.89. The van der Waals surface area contributed by atoms with Crippen LogP contribution in [0.15, 0.2) is 66.7 Å². The van der Waals surface area contributed by atoms with Gasteiger partial charge in [0.05, 0.1) is 0 Å². The van der Waals surface area contributed by atoms with E-state index in [0.717, 1.165) is 68.3 Å². The Bertz CT molecular complexity index is 1260. The molecule has 4 rings (SSSR count). The third-order valence-electron chi connectivity index (χ3n) is 8.09. The van der Waals surface area contributed by atoms with Crippen LogP contribution in [0.1, 0.15) is 72.5 Å². The highest BCUT2D eigenvalue weighted by atomic mass is 19.1. The summed E-state index contributed by atoms with van der Waals surface area (Å²) in [5.74, 6) is -1.33. The number of aryl methyl sites for hydroxylation is 1. The van der Waals surface area contributed by atoms with Gasteiger partial charge >= 0.3 is 0 Å². The van der Waals surface area contributed by atoms with Gasteiger partial charge < -0.3 is 20.5 Å². The van der Waals surface area contributed by atoms with E-state index in [1.807, 2.05) is 53.4 Å². The number of carbonyl (C=O) groups is 1. The standard InChI is InChI=1S/C33H41FN2O3/c1-3-24-10-6-12-27(21-24)31-29(14-8-15-30(31)34)33(38,39-2)18-5-4-9-25-16-19-36(20-17-25)32(37)28-13-7-11-26(22-28)23-35/h6-8,10-15,21-22,25,38H,3-5,9,16-20,23,35H2,1-2H3. The number of amides is 1. The highest BCUT2D eigenvalue weighted by Crippen LogP contribution is 2.38. The number of hydrogen-bond acceptors (Lipinski definition) is 4. The van der Waals surface area contributed by atoms with Crippen LogP contribution in [0.4, 0.5) is 4.39 Å². The fraction of sp³-hybridized carbons (Fsp3) is 0.424. The molecule has 0 spiro atoms. The molecule has 1 amide bonds. The van der Waals surface area contributed by atoms with Crippen LogP contribution in [0.3, 0.4) is 0 Å². The number of likely N-dealkylation sites (tertiary alicyclic amines) is 1. The second-order valence-corrected chi connectivity index (χ2v) is 10.6. The van der Waals surface area contributed by atoms with Crippen LogP contribution >= 0.6 is 0 Å². The minimum absolute atomic E-state index is 0.0734. The largest absolute Gasteiger partial charge is 0.362 e. The molecule has 39 heavy (non-hydrogen) atoms. The number of piperidine rings is 1. The molecule has 208 valence electrons. The topological polar surface area (TPSA) is 75.8 Å². The number of methoxy groups -OCH3 is 1. The molecule has 1 atom stereocenters. The Morgan fingerprint density at radius 1 is 1.05 bits per heavy atom. The zero-order valence-electron chi connectivity index (χ0n) is 23.2. The van der Waals surface area contributed by atoms with Crippen molar-refractivity contribution < 1.29 is 19.0 Å². The van der Waals surface area contributed by atoms with Crippen LogP contribution in [-0.2, 0) is 23.5 Å². The van der Waals surface area contributed by atoms with E-state index in [9.17, 15) is 9.90 Å². The molecule has 1 aliphatic heterocycles. The van der Waals surface area contributed by atoms with Crippen molar-refractivity contribution in [3.63, 3.8) is 0 Å². The summed E-state index contributed by atoms with van der Waals surface area (Å²) >= 11 is 0. The zero-order valence-corrected chi connectivity index (χ0v) is 23.2. The van der Waals surface area contributed by atoms with Crippen LogP contribution in [0.25, 0.3) is 11.1 Å².